The van der Waals surface area contributed by atoms with Crippen LogP contribution in [0.2, 0.25) is 0 Å². The van der Waals surface area contributed by atoms with E-state index in [1.165, 1.54) is 0 Å². The molecule has 0 aliphatic heterocycles. The second-order valence-electron chi connectivity index (χ2n) is 5.29. The first-order chi connectivity index (χ1) is 9.45. The highest BCUT2D eigenvalue weighted by atomic mass is 16.5. The van der Waals surface area contributed by atoms with Crippen LogP contribution in [0.15, 0.2) is 0 Å². The molecule has 114 valence electrons. The fraction of sp³-hybridized carbons (Fsp3) is 0.786. The average molecular weight is 283 g/mol. The summed E-state index contributed by atoms with van der Waals surface area (Å²) in [5.41, 5.74) is 0.960. The maximum Gasteiger partial charge on any atom is 0.360 e. The zero-order chi connectivity index (χ0) is 15.2. The van der Waals surface area contributed by atoms with Crippen molar-refractivity contribution >= 4 is 5.97 Å². The van der Waals surface area contributed by atoms with E-state index in [9.17, 15) is 4.79 Å². The third kappa shape index (κ3) is 4.30. The van der Waals surface area contributed by atoms with Crippen LogP contribution < -0.4 is 0 Å². The smallest absolute Gasteiger partial charge is 0.360 e. The molecule has 0 fully saturated rings. The topological polar surface area (TPSA) is 66.2 Å². The van der Waals surface area contributed by atoms with Gasteiger partial charge >= 0.3 is 5.97 Å². The Labute approximate surface area is 120 Å². The molecule has 0 unspecified atom stereocenters. The Morgan fingerprint density at radius 1 is 1.35 bits per heavy atom. The lowest BCUT2D eigenvalue weighted by molar-refractivity contribution is 0.0110. The van der Waals surface area contributed by atoms with Crippen LogP contribution in [0.25, 0.3) is 0 Å². The number of methoxy groups -OCH3 is 1. The van der Waals surface area contributed by atoms with E-state index in [1.807, 2.05) is 13.8 Å². The van der Waals surface area contributed by atoms with E-state index in [0.29, 0.717) is 18.8 Å². The molecule has 0 aliphatic rings. The van der Waals surface area contributed by atoms with Gasteiger partial charge in [-0.3, -0.25) is 0 Å². The van der Waals surface area contributed by atoms with Gasteiger partial charge in [-0.25, -0.2) is 9.48 Å². The third-order valence-corrected chi connectivity index (χ3v) is 3.27. The van der Waals surface area contributed by atoms with E-state index in [-0.39, 0.29) is 5.60 Å². The van der Waals surface area contributed by atoms with Crippen molar-refractivity contribution in [2.45, 2.75) is 59.1 Å². The molecular formula is C14H25N3O3. The zero-order valence-corrected chi connectivity index (χ0v) is 13.1. The molecule has 0 aliphatic carbocycles. The van der Waals surface area contributed by atoms with Gasteiger partial charge < -0.3 is 9.47 Å². The number of hydrogen-bond acceptors (Lipinski definition) is 5. The molecule has 1 heterocycles. The van der Waals surface area contributed by atoms with Gasteiger partial charge in [-0.2, -0.15) is 0 Å². The lowest BCUT2D eigenvalue weighted by Crippen LogP contribution is -2.25. The Kier molecular flexibility index (Phi) is 6.13. The lowest BCUT2D eigenvalue weighted by Gasteiger charge is -2.22. The molecule has 0 aromatic carbocycles. The van der Waals surface area contributed by atoms with Crippen LogP contribution >= 0.6 is 0 Å². The van der Waals surface area contributed by atoms with Gasteiger partial charge in [0.15, 0.2) is 5.69 Å². The molecular weight excluding hydrogens is 258 g/mol. The standard InChI is InChI=1S/C14H25N3O3/c1-6-8-11-12(13(18)20-7-2)15-16-17(11)10-9-14(3,4)19-5/h6-10H2,1-5H3. The van der Waals surface area contributed by atoms with Gasteiger partial charge in [-0.15, -0.1) is 5.10 Å². The van der Waals surface area contributed by atoms with Gasteiger partial charge in [0.1, 0.15) is 0 Å². The van der Waals surface area contributed by atoms with Crippen LogP contribution in [0.4, 0.5) is 0 Å². The van der Waals surface area contributed by atoms with Crippen LogP contribution in [0.3, 0.4) is 0 Å². The highest BCUT2D eigenvalue weighted by Crippen LogP contribution is 2.16. The minimum absolute atomic E-state index is 0.223. The van der Waals surface area contributed by atoms with Crippen LogP contribution in [-0.4, -0.2) is 40.3 Å². The Morgan fingerprint density at radius 3 is 2.60 bits per heavy atom. The zero-order valence-electron chi connectivity index (χ0n) is 13.1. The molecule has 1 aromatic rings. The lowest BCUT2D eigenvalue weighted by atomic mass is 10.1. The minimum atomic E-state index is -0.395. The number of hydrogen-bond donors (Lipinski definition) is 0. The summed E-state index contributed by atoms with van der Waals surface area (Å²) < 4.78 is 12.2. The van der Waals surface area contributed by atoms with Gasteiger partial charge in [0.2, 0.25) is 0 Å². The molecule has 20 heavy (non-hydrogen) atoms. The fourth-order valence-corrected chi connectivity index (χ4v) is 1.83. The van der Waals surface area contributed by atoms with Gasteiger partial charge in [-0.05, 0) is 33.6 Å². The third-order valence-electron chi connectivity index (χ3n) is 3.27. The van der Waals surface area contributed by atoms with Gasteiger partial charge in [0.25, 0.3) is 0 Å². The number of rotatable bonds is 8. The summed E-state index contributed by atoms with van der Waals surface area (Å²) in [5.74, 6) is -0.395. The second kappa shape index (κ2) is 7.38. The average Bonchev–Trinajstić information content (AvgIpc) is 2.80. The van der Waals surface area contributed by atoms with Crippen molar-refractivity contribution in [3.8, 4) is 0 Å². The van der Waals surface area contributed by atoms with Crippen molar-refractivity contribution in [2.75, 3.05) is 13.7 Å². The minimum Gasteiger partial charge on any atom is -0.461 e. The van der Waals surface area contributed by atoms with Crippen molar-refractivity contribution in [3.05, 3.63) is 11.4 Å². The number of ether oxygens (including phenoxy) is 2. The first-order valence-corrected chi connectivity index (χ1v) is 7.09. The van der Waals surface area contributed by atoms with Crippen molar-refractivity contribution in [3.63, 3.8) is 0 Å². The van der Waals surface area contributed by atoms with Crippen molar-refractivity contribution in [2.24, 2.45) is 0 Å². The predicted molar refractivity (Wildman–Crippen MR) is 75.7 cm³/mol. The SMILES string of the molecule is CCCc1c(C(=O)OCC)nnn1CCC(C)(C)OC. The molecule has 0 saturated heterocycles. The van der Waals surface area contributed by atoms with E-state index in [4.69, 9.17) is 9.47 Å². The van der Waals surface area contributed by atoms with Crippen LogP contribution in [0.1, 0.15) is 56.7 Å². The molecule has 0 atom stereocenters. The van der Waals surface area contributed by atoms with E-state index >= 15 is 0 Å². The number of carbonyl (C=O) groups is 1. The largest absolute Gasteiger partial charge is 0.461 e. The van der Waals surface area contributed by atoms with E-state index < -0.39 is 5.97 Å². The Balaban J connectivity index is 2.88. The molecule has 0 amide bonds. The number of carbonyl (C=O) groups excluding carboxylic acids is 1. The van der Waals surface area contributed by atoms with E-state index in [0.717, 1.165) is 25.0 Å². The van der Waals surface area contributed by atoms with E-state index in [1.54, 1.807) is 18.7 Å². The van der Waals surface area contributed by atoms with E-state index in [2.05, 4.69) is 17.2 Å². The van der Waals surface area contributed by atoms with Gasteiger partial charge in [-0.1, -0.05) is 18.6 Å². The van der Waals surface area contributed by atoms with Crippen LogP contribution in [0, 0.1) is 0 Å². The highest BCUT2D eigenvalue weighted by molar-refractivity contribution is 5.88. The summed E-state index contributed by atoms with van der Waals surface area (Å²) in [5, 5.41) is 8.06. The quantitative estimate of drug-likeness (QED) is 0.684. The molecule has 1 rings (SSSR count). The van der Waals surface area contributed by atoms with Gasteiger partial charge in [0.05, 0.1) is 17.9 Å². The Morgan fingerprint density at radius 2 is 2.05 bits per heavy atom. The maximum absolute atomic E-state index is 11.8. The molecule has 6 heteroatoms. The summed E-state index contributed by atoms with van der Waals surface area (Å²) in [6.45, 7) is 8.90. The number of esters is 1. The summed E-state index contributed by atoms with van der Waals surface area (Å²) in [4.78, 5) is 11.8. The van der Waals surface area contributed by atoms with Crippen molar-refractivity contribution in [1.82, 2.24) is 15.0 Å². The normalized spacial score (nSPS) is 11.7. The Bertz CT molecular complexity index is 441. The summed E-state index contributed by atoms with van der Waals surface area (Å²) in [6.07, 6.45) is 2.48. The van der Waals surface area contributed by atoms with Gasteiger partial charge in [0, 0.05) is 13.7 Å². The number of nitrogens with zero attached hydrogens (tertiary/aromatic N) is 3. The monoisotopic (exact) mass is 283 g/mol. The predicted octanol–water partition coefficient (Wildman–Crippen LogP) is 2.22. The number of aromatic nitrogens is 3. The second-order valence-corrected chi connectivity index (χ2v) is 5.29. The Hall–Kier alpha value is -1.43. The molecule has 0 N–H and O–H groups in total. The van der Waals surface area contributed by atoms with Crippen LogP contribution in [-0.2, 0) is 22.4 Å². The molecule has 0 radical (unpaired) electrons. The van der Waals surface area contributed by atoms with Crippen LogP contribution in [0.5, 0.6) is 0 Å². The summed E-state index contributed by atoms with van der Waals surface area (Å²) >= 11 is 0. The highest BCUT2D eigenvalue weighted by Gasteiger charge is 2.22. The van der Waals surface area contributed by atoms with Crippen molar-refractivity contribution in [1.29, 1.82) is 0 Å². The first kappa shape index (κ1) is 16.6. The molecule has 6 nitrogen and oxygen atoms in total. The summed E-state index contributed by atoms with van der Waals surface area (Å²) in [6, 6.07) is 0. The summed E-state index contributed by atoms with van der Waals surface area (Å²) in [7, 11) is 1.69. The fourth-order valence-electron chi connectivity index (χ4n) is 1.83. The number of aryl methyl sites for hydroxylation is 1. The molecule has 0 bridgehead atoms. The molecule has 0 saturated carbocycles. The van der Waals surface area contributed by atoms with Crippen molar-refractivity contribution < 1.29 is 14.3 Å². The molecule has 0 spiro atoms. The first-order valence-electron chi connectivity index (χ1n) is 7.09. The molecule has 1 aromatic heterocycles. The maximum atomic E-state index is 11.8.